The second-order valence-corrected chi connectivity index (χ2v) is 5.04. The van der Waals surface area contributed by atoms with Crippen molar-refractivity contribution < 1.29 is 27.1 Å². The second kappa shape index (κ2) is 6.72. The van der Waals surface area contributed by atoms with Gasteiger partial charge >= 0.3 is 12.1 Å². The zero-order valence-electron chi connectivity index (χ0n) is 12.5. The quantitative estimate of drug-likeness (QED) is 0.460. The Bertz CT molecular complexity index is 771. The summed E-state index contributed by atoms with van der Waals surface area (Å²) in [7, 11) is 0. The van der Waals surface area contributed by atoms with E-state index in [1.54, 1.807) is 6.92 Å². The van der Waals surface area contributed by atoms with Gasteiger partial charge in [0.25, 0.3) is 0 Å². The van der Waals surface area contributed by atoms with E-state index in [1.165, 1.54) is 6.92 Å². The Balaban J connectivity index is 2.66. The zero-order chi connectivity index (χ0) is 18.1. The molecule has 24 heavy (non-hydrogen) atoms. The minimum atomic E-state index is -4.80. The van der Waals surface area contributed by atoms with E-state index < -0.39 is 40.1 Å². The summed E-state index contributed by atoms with van der Waals surface area (Å²) in [5.41, 5.74) is -2.25. The Morgan fingerprint density at radius 3 is 2.50 bits per heavy atom. The van der Waals surface area contributed by atoms with Gasteiger partial charge in [-0.1, -0.05) is 17.7 Å². The van der Waals surface area contributed by atoms with Crippen molar-refractivity contribution in [1.29, 1.82) is 0 Å². The maximum absolute atomic E-state index is 14.0. The van der Waals surface area contributed by atoms with Gasteiger partial charge in [-0.2, -0.15) is 13.2 Å². The standard InChI is InChI=1S/C15H11ClF4N2O2/c1-3-24-14(23)10-7(2)21-13(22-12(10)16)11-8(15(18,19)20)5-4-6-9(11)17/h4-6H,3H2,1-2H3. The molecule has 0 atom stereocenters. The van der Waals surface area contributed by atoms with Gasteiger partial charge < -0.3 is 4.74 Å². The molecule has 0 bridgehead atoms. The molecule has 0 aliphatic rings. The van der Waals surface area contributed by atoms with Crippen LogP contribution in [0.4, 0.5) is 17.6 Å². The molecule has 1 aromatic carbocycles. The molecular weight excluding hydrogens is 352 g/mol. The highest BCUT2D eigenvalue weighted by atomic mass is 35.5. The lowest BCUT2D eigenvalue weighted by Crippen LogP contribution is -2.13. The second-order valence-electron chi connectivity index (χ2n) is 4.68. The first-order valence-electron chi connectivity index (χ1n) is 6.74. The number of halogens is 5. The molecule has 0 spiro atoms. The Morgan fingerprint density at radius 2 is 1.96 bits per heavy atom. The van der Waals surface area contributed by atoms with Crippen LogP contribution in [0.15, 0.2) is 18.2 Å². The van der Waals surface area contributed by atoms with E-state index in [0.29, 0.717) is 6.07 Å². The van der Waals surface area contributed by atoms with Gasteiger partial charge in [0.2, 0.25) is 0 Å². The maximum Gasteiger partial charge on any atom is 0.417 e. The van der Waals surface area contributed by atoms with Crippen LogP contribution < -0.4 is 0 Å². The summed E-state index contributed by atoms with van der Waals surface area (Å²) < 4.78 is 58.1. The number of rotatable bonds is 3. The van der Waals surface area contributed by atoms with E-state index in [2.05, 4.69) is 9.97 Å². The highest BCUT2D eigenvalue weighted by molar-refractivity contribution is 6.32. The fourth-order valence-corrected chi connectivity index (χ4v) is 2.37. The molecule has 0 unspecified atom stereocenters. The van der Waals surface area contributed by atoms with Gasteiger partial charge in [0, 0.05) is 0 Å². The average Bonchev–Trinajstić information content (AvgIpc) is 2.45. The Labute approximate surface area is 139 Å². The molecule has 0 saturated heterocycles. The number of carbonyl (C=O) groups excluding carboxylic acids is 1. The van der Waals surface area contributed by atoms with Crippen LogP contribution in [-0.4, -0.2) is 22.5 Å². The van der Waals surface area contributed by atoms with E-state index >= 15 is 0 Å². The van der Waals surface area contributed by atoms with E-state index in [1.807, 2.05) is 0 Å². The highest BCUT2D eigenvalue weighted by Gasteiger charge is 2.36. The van der Waals surface area contributed by atoms with Crippen molar-refractivity contribution in [3.63, 3.8) is 0 Å². The predicted molar refractivity (Wildman–Crippen MR) is 78.1 cm³/mol. The number of hydrogen-bond donors (Lipinski definition) is 0. The minimum absolute atomic E-state index is 0.0140. The largest absolute Gasteiger partial charge is 0.462 e. The van der Waals surface area contributed by atoms with Gasteiger partial charge in [-0.15, -0.1) is 0 Å². The van der Waals surface area contributed by atoms with Crippen LogP contribution in [0.2, 0.25) is 5.15 Å². The number of alkyl halides is 3. The number of carbonyl (C=O) groups is 1. The van der Waals surface area contributed by atoms with Crippen molar-refractivity contribution in [2.45, 2.75) is 20.0 Å². The first-order chi connectivity index (χ1) is 11.2. The lowest BCUT2D eigenvalue weighted by molar-refractivity contribution is -0.137. The molecule has 128 valence electrons. The van der Waals surface area contributed by atoms with Gasteiger partial charge in [-0.05, 0) is 26.0 Å². The van der Waals surface area contributed by atoms with E-state index in [4.69, 9.17) is 16.3 Å². The van der Waals surface area contributed by atoms with Crippen LogP contribution in [-0.2, 0) is 10.9 Å². The minimum Gasteiger partial charge on any atom is -0.462 e. The topological polar surface area (TPSA) is 52.1 Å². The number of hydrogen-bond acceptors (Lipinski definition) is 4. The van der Waals surface area contributed by atoms with Crippen molar-refractivity contribution in [3.8, 4) is 11.4 Å². The molecule has 1 aromatic heterocycles. The number of aryl methyl sites for hydroxylation is 1. The Hall–Kier alpha value is -2.22. The summed E-state index contributed by atoms with van der Waals surface area (Å²) in [5.74, 6) is -2.52. The first-order valence-corrected chi connectivity index (χ1v) is 7.12. The van der Waals surface area contributed by atoms with Gasteiger partial charge in [0.05, 0.1) is 23.4 Å². The molecule has 9 heteroatoms. The summed E-state index contributed by atoms with van der Waals surface area (Å²) in [4.78, 5) is 19.2. The normalized spacial score (nSPS) is 11.5. The van der Waals surface area contributed by atoms with E-state index in [9.17, 15) is 22.4 Å². The smallest absolute Gasteiger partial charge is 0.417 e. The molecule has 0 saturated carbocycles. The molecule has 0 radical (unpaired) electrons. The SMILES string of the molecule is CCOC(=O)c1c(C)nc(-c2c(F)cccc2C(F)(F)F)nc1Cl. The van der Waals surface area contributed by atoms with Crippen molar-refractivity contribution >= 4 is 17.6 Å². The van der Waals surface area contributed by atoms with Crippen molar-refractivity contribution in [2.24, 2.45) is 0 Å². The summed E-state index contributed by atoms with van der Waals surface area (Å²) in [5, 5.41) is -0.410. The third-order valence-corrected chi connectivity index (χ3v) is 3.34. The molecule has 1 heterocycles. The number of esters is 1. The summed E-state index contributed by atoms with van der Waals surface area (Å²) >= 11 is 5.88. The summed E-state index contributed by atoms with van der Waals surface area (Å²) in [6.45, 7) is 2.99. The summed E-state index contributed by atoms with van der Waals surface area (Å²) in [6, 6.07) is 2.50. The highest BCUT2D eigenvalue weighted by Crippen LogP contribution is 2.38. The molecule has 0 fully saturated rings. The van der Waals surface area contributed by atoms with Crippen molar-refractivity contribution in [1.82, 2.24) is 9.97 Å². The monoisotopic (exact) mass is 362 g/mol. The molecule has 0 aliphatic heterocycles. The first kappa shape index (κ1) is 18.1. The summed E-state index contributed by atoms with van der Waals surface area (Å²) in [6.07, 6.45) is -4.80. The Morgan fingerprint density at radius 1 is 1.29 bits per heavy atom. The van der Waals surface area contributed by atoms with E-state index in [-0.39, 0.29) is 17.9 Å². The molecule has 2 rings (SSSR count). The van der Waals surface area contributed by atoms with Gasteiger partial charge in [0.1, 0.15) is 16.5 Å². The van der Waals surface area contributed by atoms with Gasteiger partial charge in [-0.3, -0.25) is 0 Å². The third kappa shape index (κ3) is 3.48. The lowest BCUT2D eigenvalue weighted by Gasteiger charge is -2.14. The van der Waals surface area contributed by atoms with Crippen LogP contribution >= 0.6 is 11.6 Å². The maximum atomic E-state index is 14.0. The molecule has 0 amide bonds. The molecule has 4 nitrogen and oxygen atoms in total. The number of ether oxygens (including phenoxy) is 1. The predicted octanol–water partition coefficient (Wildman–Crippen LogP) is 4.44. The number of benzene rings is 1. The number of nitrogens with zero attached hydrogens (tertiary/aromatic N) is 2. The molecular formula is C15H11ClF4N2O2. The van der Waals surface area contributed by atoms with Gasteiger partial charge in [0.15, 0.2) is 5.82 Å². The fraction of sp³-hybridized carbons (Fsp3) is 0.267. The van der Waals surface area contributed by atoms with Crippen LogP contribution in [0.5, 0.6) is 0 Å². The van der Waals surface area contributed by atoms with Crippen LogP contribution in [0.3, 0.4) is 0 Å². The molecule has 0 aliphatic carbocycles. The molecule has 2 aromatic rings. The molecule has 0 N–H and O–H groups in total. The van der Waals surface area contributed by atoms with Crippen molar-refractivity contribution in [3.05, 3.63) is 46.0 Å². The van der Waals surface area contributed by atoms with Gasteiger partial charge in [-0.25, -0.2) is 19.2 Å². The van der Waals surface area contributed by atoms with Crippen LogP contribution in [0, 0.1) is 12.7 Å². The van der Waals surface area contributed by atoms with Crippen molar-refractivity contribution in [2.75, 3.05) is 6.61 Å². The zero-order valence-corrected chi connectivity index (χ0v) is 13.3. The number of aromatic nitrogens is 2. The van der Waals surface area contributed by atoms with Crippen LogP contribution in [0.1, 0.15) is 28.5 Å². The third-order valence-electron chi connectivity index (χ3n) is 3.07. The average molecular weight is 363 g/mol. The van der Waals surface area contributed by atoms with Crippen LogP contribution in [0.25, 0.3) is 11.4 Å². The lowest BCUT2D eigenvalue weighted by atomic mass is 10.1. The fourth-order valence-electron chi connectivity index (χ4n) is 2.07. The Kier molecular flexibility index (Phi) is 5.08. The van der Waals surface area contributed by atoms with E-state index in [0.717, 1.165) is 12.1 Å².